The minimum Gasteiger partial charge on any atom is -0.467 e. The van der Waals surface area contributed by atoms with Crippen LogP contribution in [0.3, 0.4) is 0 Å². The molecule has 2 rings (SSSR count). The smallest absolute Gasteiger partial charge is 0.132 e. The van der Waals surface area contributed by atoms with Gasteiger partial charge >= 0.3 is 0 Å². The largest absolute Gasteiger partial charge is 0.467 e. The molecule has 2 atom stereocenters. The fourth-order valence-electron chi connectivity index (χ4n) is 1.72. The van der Waals surface area contributed by atoms with E-state index < -0.39 is 6.10 Å². The van der Waals surface area contributed by atoms with Gasteiger partial charge in [-0.1, -0.05) is 0 Å². The quantitative estimate of drug-likeness (QED) is 0.814. The monoisotopic (exact) mass is 218 g/mol. The van der Waals surface area contributed by atoms with E-state index >= 15 is 0 Å². The predicted molar refractivity (Wildman–Crippen MR) is 59.7 cm³/mol. The molecule has 0 aromatic carbocycles. The number of hydrogen-bond donors (Lipinski definition) is 2. The molecule has 0 aliphatic heterocycles. The van der Waals surface area contributed by atoms with E-state index in [1.165, 1.54) is 0 Å². The van der Waals surface area contributed by atoms with Crippen LogP contribution in [0.1, 0.15) is 23.3 Å². The van der Waals surface area contributed by atoms with Crippen molar-refractivity contribution < 1.29 is 9.52 Å². The van der Waals surface area contributed by atoms with Gasteiger partial charge in [0.15, 0.2) is 0 Å². The van der Waals surface area contributed by atoms with E-state index in [0.717, 1.165) is 5.56 Å². The molecule has 2 aromatic rings. The van der Waals surface area contributed by atoms with E-state index in [1.807, 2.05) is 12.1 Å². The molecule has 2 unspecified atom stereocenters. The van der Waals surface area contributed by atoms with Crippen molar-refractivity contribution in [1.29, 1.82) is 0 Å². The molecule has 0 spiro atoms. The van der Waals surface area contributed by atoms with Gasteiger partial charge in [0.1, 0.15) is 11.9 Å². The molecule has 2 heterocycles. The third-order valence-corrected chi connectivity index (χ3v) is 2.60. The Morgan fingerprint density at radius 3 is 2.62 bits per heavy atom. The standard InChI is InChI=1S/C12H14N2O2/c13-8-10(9-3-5-14-6-4-9)12(15)11-2-1-7-16-11/h1-7,10,12,15H,8,13H2. The summed E-state index contributed by atoms with van der Waals surface area (Å²) in [5.41, 5.74) is 6.65. The van der Waals surface area contributed by atoms with Crippen LogP contribution < -0.4 is 5.73 Å². The molecular weight excluding hydrogens is 204 g/mol. The summed E-state index contributed by atoms with van der Waals surface area (Å²) in [7, 11) is 0. The fraction of sp³-hybridized carbons (Fsp3) is 0.250. The van der Waals surface area contributed by atoms with Crippen molar-refractivity contribution in [3.63, 3.8) is 0 Å². The van der Waals surface area contributed by atoms with Crippen LogP contribution in [0, 0.1) is 0 Å². The number of furan rings is 1. The number of nitrogens with zero attached hydrogens (tertiary/aromatic N) is 1. The number of aromatic nitrogens is 1. The lowest BCUT2D eigenvalue weighted by Gasteiger charge is -2.19. The third-order valence-electron chi connectivity index (χ3n) is 2.60. The first-order chi connectivity index (χ1) is 7.83. The minimum absolute atomic E-state index is 0.172. The molecule has 0 aliphatic rings. The highest BCUT2D eigenvalue weighted by molar-refractivity contribution is 5.20. The lowest BCUT2D eigenvalue weighted by atomic mass is 9.93. The molecule has 4 heteroatoms. The van der Waals surface area contributed by atoms with Crippen molar-refractivity contribution in [1.82, 2.24) is 4.98 Å². The zero-order chi connectivity index (χ0) is 11.4. The molecule has 4 nitrogen and oxygen atoms in total. The number of aliphatic hydroxyl groups excluding tert-OH is 1. The third kappa shape index (κ3) is 2.13. The molecule has 0 aliphatic carbocycles. The number of rotatable bonds is 4. The van der Waals surface area contributed by atoms with Crippen molar-refractivity contribution in [3.8, 4) is 0 Å². The Hall–Kier alpha value is -1.65. The summed E-state index contributed by atoms with van der Waals surface area (Å²) in [5.74, 6) is 0.362. The predicted octanol–water partition coefficient (Wildman–Crippen LogP) is 1.45. The van der Waals surface area contributed by atoms with E-state index in [0.29, 0.717) is 12.3 Å². The zero-order valence-corrected chi connectivity index (χ0v) is 8.78. The van der Waals surface area contributed by atoms with Gasteiger partial charge in [0.2, 0.25) is 0 Å². The first-order valence-corrected chi connectivity index (χ1v) is 5.14. The van der Waals surface area contributed by atoms with Crippen molar-refractivity contribution in [2.75, 3.05) is 6.54 Å². The fourth-order valence-corrected chi connectivity index (χ4v) is 1.72. The van der Waals surface area contributed by atoms with Gasteiger partial charge in [-0.3, -0.25) is 4.98 Å². The number of pyridine rings is 1. The van der Waals surface area contributed by atoms with Crippen LogP contribution in [0.5, 0.6) is 0 Å². The van der Waals surface area contributed by atoms with Gasteiger partial charge in [-0.05, 0) is 29.8 Å². The maximum atomic E-state index is 10.1. The van der Waals surface area contributed by atoms with Crippen molar-refractivity contribution in [3.05, 3.63) is 54.2 Å². The second kappa shape index (κ2) is 4.92. The highest BCUT2D eigenvalue weighted by atomic mass is 16.4. The Kier molecular flexibility index (Phi) is 3.34. The molecule has 0 saturated carbocycles. The van der Waals surface area contributed by atoms with Crippen molar-refractivity contribution >= 4 is 0 Å². The normalized spacial score (nSPS) is 14.6. The average Bonchev–Trinajstić information content (AvgIpc) is 2.85. The lowest BCUT2D eigenvalue weighted by Crippen LogP contribution is -2.19. The van der Waals surface area contributed by atoms with Crippen LogP contribution in [0.25, 0.3) is 0 Å². The first-order valence-electron chi connectivity index (χ1n) is 5.14. The summed E-state index contributed by atoms with van der Waals surface area (Å²) in [6.07, 6.45) is 4.20. The SMILES string of the molecule is NCC(c1ccncc1)C(O)c1ccco1. The average molecular weight is 218 g/mol. The summed E-state index contributed by atoms with van der Waals surface area (Å²) in [6.45, 7) is 0.353. The van der Waals surface area contributed by atoms with Gasteiger partial charge in [-0.2, -0.15) is 0 Å². The van der Waals surface area contributed by atoms with Crippen LogP contribution in [-0.2, 0) is 0 Å². The molecule has 2 aromatic heterocycles. The molecule has 0 amide bonds. The molecular formula is C12H14N2O2. The van der Waals surface area contributed by atoms with Crippen LogP contribution in [0.4, 0.5) is 0 Å². The highest BCUT2D eigenvalue weighted by Crippen LogP contribution is 2.29. The van der Waals surface area contributed by atoms with Crippen molar-refractivity contribution in [2.45, 2.75) is 12.0 Å². The van der Waals surface area contributed by atoms with Gasteiger partial charge in [0, 0.05) is 24.9 Å². The number of aliphatic hydroxyl groups is 1. The van der Waals surface area contributed by atoms with E-state index in [-0.39, 0.29) is 5.92 Å². The molecule has 3 N–H and O–H groups in total. The maximum Gasteiger partial charge on any atom is 0.132 e. The summed E-state index contributed by atoms with van der Waals surface area (Å²) >= 11 is 0. The Labute approximate surface area is 93.7 Å². The minimum atomic E-state index is -0.720. The van der Waals surface area contributed by atoms with Crippen molar-refractivity contribution in [2.24, 2.45) is 5.73 Å². The Morgan fingerprint density at radius 2 is 2.06 bits per heavy atom. The Bertz CT molecular complexity index is 414. The van der Waals surface area contributed by atoms with Gasteiger partial charge in [0.05, 0.1) is 6.26 Å². The van der Waals surface area contributed by atoms with E-state index in [1.54, 1.807) is 30.8 Å². The summed E-state index contributed by atoms with van der Waals surface area (Å²) in [5, 5.41) is 10.1. The number of hydrogen-bond acceptors (Lipinski definition) is 4. The Morgan fingerprint density at radius 1 is 1.31 bits per heavy atom. The molecule has 0 saturated heterocycles. The molecule has 0 fully saturated rings. The topological polar surface area (TPSA) is 72.3 Å². The maximum absolute atomic E-state index is 10.1. The van der Waals surface area contributed by atoms with Gasteiger partial charge in [0.25, 0.3) is 0 Å². The second-order valence-corrected chi connectivity index (χ2v) is 3.58. The van der Waals surface area contributed by atoms with Gasteiger partial charge in [-0.25, -0.2) is 0 Å². The van der Waals surface area contributed by atoms with Gasteiger partial charge in [-0.15, -0.1) is 0 Å². The Balaban J connectivity index is 2.23. The van der Waals surface area contributed by atoms with E-state index in [4.69, 9.17) is 10.2 Å². The van der Waals surface area contributed by atoms with Crippen LogP contribution in [0.15, 0.2) is 47.3 Å². The van der Waals surface area contributed by atoms with Crippen LogP contribution in [-0.4, -0.2) is 16.6 Å². The molecule has 16 heavy (non-hydrogen) atoms. The van der Waals surface area contributed by atoms with E-state index in [2.05, 4.69) is 4.98 Å². The summed E-state index contributed by atoms with van der Waals surface area (Å²) in [4.78, 5) is 3.94. The molecule has 0 bridgehead atoms. The second-order valence-electron chi connectivity index (χ2n) is 3.58. The van der Waals surface area contributed by atoms with Crippen LogP contribution >= 0.6 is 0 Å². The highest BCUT2D eigenvalue weighted by Gasteiger charge is 2.23. The van der Waals surface area contributed by atoms with Gasteiger partial charge < -0.3 is 15.3 Å². The number of nitrogens with two attached hydrogens (primary N) is 1. The van der Waals surface area contributed by atoms with E-state index in [9.17, 15) is 5.11 Å². The summed E-state index contributed by atoms with van der Waals surface area (Å²) < 4.78 is 5.18. The molecule has 0 radical (unpaired) electrons. The summed E-state index contributed by atoms with van der Waals surface area (Å²) in [6, 6.07) is 7.20. The molecule has 84 valence electrons. The lowest BCUT2D eigenvalue weighted by molar-refractivity contribution is 0.122. The zero-order valence-electron chi connectivity index (χ0n) is 8.78. The van der Waals surface area contributed by atoms with Crippen LogP contribution in [0.2, 0.25) is 0 Å². The first kappa shape index (κ1) is 10.9.